The molecule has 0 amide bonds. The molecular weight excluding hydrogens is 392 g/mol. The van der Waals surface area contributed by atoms with E-state index in [0.717, 1.165) is 12.8 Å². The maximum absolute atomic E-state index is 11.2. The molecule has 190 valence electrons. The summed E-state index contributed by atoms with van der Waals surface area (Å²) >= 11 is 0. The van der Waals surface area contributed by atoms with Gasteiger partial charge in [0.15, 0.2) is 11.6 Å². The molecule has 0 aliphatic heterocycles. The second-order valence-corrected chi connectivity index (χ2v) is 10.2. The molecule has 0 fully saturated rings. The first-order valence-corrected chi connectivity index (χ1v) is 14.7. The number of rotatable bonds is 27. The Labute approximate surface area is 202 Å². The number of hydrogen-bond acceptors (Lipinski definition) is 2. The molecular formula is C30H58O2. The van der Waals surface area contributed by atoms with E-state index in [1.165, 1.54) is 155 Å². The first-order chi connectivity index (χ1) is 15.7. The highest BCUT2D eigenvalue weighted by atomic mass is 16.2. The van der Waals surface area contributed by atoms with Gasteiger partial charge in [0, 0.05) is 13.3 Å². The van der Waals surface area contributed by atoms with Gasteiger partial charge in [-0.3, -0.25) is 9.59 Å². The van der Waals surface area contributed by atoms with Gasteiger partial charge in [-0.05, 0) is 6.42 Å². The molecule has 0 heterocycles. The monoisotopic (exact) mass is 450 g/mol. The van der Waals surface area contributed by atoms with E-state index in [-0.39, 0.29) is 11.6 Å². The maximum atomic E-state index is 11.2. The minimum Gasteiger partial charge on any atom is -0.291 e. The third kappa shape index (κ3) is 25.6. The summed E-state index contributed by atoms with van der Waals surface area (Å²) in [5.41, 5.74) is 0. The zero-order chi connectivity index (χ0) is 23.5. The first-order valence-electron chi connectivity index (χ1n) is 14.7. The number of carbonyl (C=O) groups excluding carboxylic acids is 2. The quantitative estimate of drug-likeness (QED) is 0.0921. The molecule has 0 bridgehead atoms. The summed E-state index contributed by atoms with van der Waals surface area (Å²) in [6.45, 7) is 3.67. The predicted molar refractivity (Wildman–Crippen MR) is 141 cm³/mol. The lowest BCUT2D eigenvalue weighted by molar-refractivity contribution is -0.135. The van der Waals surface area contributed by atoms with E-state index in [2.05, 4.69) is 6.92 Å². The second-order valence-electron chi connectivity index (χ2n) is 10.2. The second kappa shape index (κ2) is 26.6. The lowest BCUT2D eigenvalue weighted by Gasteiger charge is -2.04. The molecule has 0 aliphatic rings. The molecule has 2 nitrogen and oxygen atoms in total. The highest BCUT2D eigenvalue weighted by Gasteiger charge is 2.06. The summed E-state index contributed by atoms with van der Waals surface area (Å²) in [5.74, 6) is -0.478. The van der Waals surface area contributed by atoms with E-state index >= 15 is 0 Å². The van der Waals surface area contributed by atoms with Crippen molar-refractivity contribution in [2.45, 2.75) is 181 Å². The highest BCUT2D eigenvalue weighted by Crippen LogP contribution is 2.16. The average Bonchev–Trinajstić information content (AvgIpc) is 2.78. The molecule has 0 unspecified atom stereocenters. The number of ketones is 2. The fraction of sp³-hybridized carbons (Fsp3) is 0.933. The zero-order valence-corrected chi connectivity index (χ0v) is 22.2. The average molecular weight is 451 g/mol. The molecule has 0 saturated carbocycles. The number of Topliss-reactive ketones (excluding diaryl/α,β-unsaturated/α-hetero) is 2. The van der Waals surface area contributed by atoms with Crippen LogP contribution in [0.3, 0.4) is 0 Å². The molecule has 0 aromatic heterocycles. The van der Waals surface area contributed by atoms with Crippen molar-refractivity contribution in [3.05, 3.63) is 0 Å². The molecule has 0 radical (unpaired) electrons. The van der Waals surface area contributed by atoms with Crippen molar-refractivity contribution in [2.75, 3.05) is 0 Å². The molecule has 0 atom stereocenters. The normalized spacial score (nSPS) is 11.2. The third-order valence-electron chi connectivity index (χ3n) is 6.90. The van der Waals surface area contributed by atoms with E-state index in [1.807, 2.05) is 0 Å². The zero-order valence-electron chi connectivity index (χ0n) is 22.2. The summed E-state index contributed by atoms with van der Waals surface area (Å²) in [5, 5.41) is 0. The van der Waals surface area contributed by atoms with Gasteiger partial charge in [-0.2, -0.15) is 0 Å². The van der Waals surface area contributed by atoms with Gasteiger partial charge < -0.3 is 0 Å². The van der Waals surface area contributed by atoms with E-state index in [4.69, 9.17) is 0 Å². The largest absolute Gasteiger partial charge is 0.291 e. The van der Waals surface area contributed by atoms with Gasteiger partial charge in [0.1, 0.15) is 0 Å². The van der Waals surface area contributed by atoms with Crippen LogP contribution in [0.1, 0.15) is 181 Å². The smallest absolute Gasteiger partial charge is 0.198 e. The number of carbonyl (C=O) groups is 2. The number of unbranched alkanes of at least 4 members (excludes halogenated alkanes) is 24. The van der Waals surface area contributed by atoms with Crippen LogP contribution in [0.4, 0.5) is 0 Å². The Morgan fingerprint density at radius 1 is 0.375 bits per heavy atom. The minimum absolute atomic E-state index is 0.195. The molecule has 0 rings (SSSR count). The summed E-state index contributed by atoms with van der Waals surface area (Å²) in [4.78, 5) is 22.1. The van der Waals surface area contributed by atoms with Crippen LogP contribution in [0.25, 0.3) is 0 Å². The highest BCUT2D eigenvalue weighted by molar-refractivity contribution is 6.36. The molecule has 0 aromatic carbocycles. The van der Waals surface area contributed by atoms with Gasteiger partial charge in [0.2, 0.25) is 0 Å². The van der Waals surface area contributed by atoms with Gasteiger partial charge in [-0.25, -0.2) is 0 Å². The lowest BCUT2D eigenvalue weighted by Crippen LogP contribution is -2.08. The molecule has 0 N–H and O–H groups in total. The summed E-state index contributed by atoms with van der Waals surface area (Å²) in [6.07, 6.45) is 35.1. The summed E-state index contributed by atoms with van der Waals surface area (Å²) < 4.78 is 0. The Hall–Kier alpha value is -0.660. The Bertz CT molecular complexity index is 402. The van der Waals surface area contributed by atoms with Crippen LogP contribution in [-0.4, -0.2) is 11.6 Å². The molecule has 0 aliphatic carbocycles. The van der Waals surface area contributed by atoms with Crippen molar-refractivity contribution in [3.63, 3.8) is 0 Å². The predicted octanol–water partition coefficient (Wildman–Crippen LogP) is 10.3. The van der Waals surface area contributed by atoms with Crippen LogP contribution in [-0.2, 0) is 9.59 Å². The van der Waals surface area contributed by atoms with Crippen molar-refractivity contribution in [1.82, 2.24) is 0 Å². The van der Waals surface area contributed by atoms with Crippen molar-refractivity contribution in [2.24, 2.45) is 0 Å². The Morgan fingerprint density at radius 2 is 0.594 bits per heavy atom. The molecule has 0 spiro atoms. The van der Waals surface area contributed by atoms with Crippen molar-refractivity contribution < 1.29 is 9.59 Å². The Kier molecular flexibility index (Phi) is 26.0. The summed E-state index contributed by atoms with van der Waals surface area (Å²) in [7, 11) is 0. The van der Waals surface area contributed by atoms with E-state index < -0.39 is 0 Å². The molecule has 2 heteroatoms. The van der Waals surface area contributed by atoms with E-state index in [1.54, 1.807) is 0 Å². The van der Waals surface area contributed by atoms with Crippen LogP contribution in [0.15, 0.2) is 0 Å². The lowest BCUT2D eigenvalue weighted by atomic mass is 10.0. The fourth-order valence-corrected chi connectivity index (χ4v) is 4.60. The van der Waals surface area contributed by atoms with Crippen LogP contribution in [0.2, 0.25) is 0 Å². The minimum atomic E-state index is -0.283. The van der Waals surface area contributed by atoms with Gasteiger partial charge in [0.05, 0.1) is 0 Å². The standard InChI is InChI=1S/C30H58O2/c1-3-4-5-6-7-8-9-10-11-12-13-14-15-16-17-18-19-20-21-22-23-24-25-26-27-28-30(32)29(2)31/h3-28H2,1-2H3. The van der Waals surface area contributed by atoms with Gasteiger partial charge in [-0.1, -0.05) is 161 Å². The molecule has 0 aromatic rings. The number of hydrogen-bond donors (Lipinski definition) is 0. The maximum Gasteiger partial charge on any atom is 0.198 e. The van der Waals surface area contributed by atoms with Crippen LogP contribution in [0.5, 0.6) is 0 Å². The topological polar surface area (TPSA) is 34.1 Å². The van der Waals surface area contributed by atoms with Crippen LogP contribution in [0, 0.1) is 0 Å². The first kappa shape index (κ1) is 31.3. The van der Waals surface area contributed by atoms with Crippen molar-refractivity contribution in [3.8, 4) is 0 Å². The molecule has 0 saturated heterocycles. The Balaban J connectivity index is 3.05. The van der Waals surface area contributed by atoms with E-state index in [9.17, 15) is 9.59 Å². The Morgan fingerprint density at radius 3 is 0.812 bits per heavy atom. The third-order valence-corrected chi connectivity index (χ3v) is 6.90. The van der Waals surface area contributed by atoms with E-state index in [0.29, 0.717) is 6.42 Å². The fourth-order valence-electron chi connectivity index (χ4n) is 4.60. The van der Waals surface area contributed by atoms with Crippen molar-refractivity contribution in [1.29, 1.82) is 0 Å². The van der Waals surface area contributed by atoms with Crippen LogP contribution < -0.4 is 0 Å². The van der Waals surface area contributed by atoms with Crippen molar-refractivity contribution >= 4 is 11.6 Å². The van der Waals surface area contributed by atoms with Crippen LogP contribution >= 0.6 is 0 Å². The molecule has 32 heavy (non-hydrogen) atoms. The van der Waals surface area contributed by atoms with Gasteiger partial charge >= 0.3 is 0 Å². The van der Waals surface area contributed by atoms with Gasteiger partial charge in [0.25, 0.3) is 0 Å². The SMILES string of the molecule is CCCCCCCCCCCCCCCCCCCCCCCCCCCC(=O)C(C)=O. The summed E-state index contributed by atoms with van der Waals surface area (Å²) in [6, 6.07) is 0. The van der Waals surface area contributed by atoms with Gasteiger partial charge in [-0.15, -0.1) is 0 Å².